The molecule has 0 amide bonds. The second-order valence-corrected chi connectivity index (χ2v) is 4.88. The minimum absolute atomic E-state index is 0.0392. The first kappa shape index (κ1) is 11.9. The maximum Gasteiger partial charge on any atom is 0.153 e. The molecule has 82 valence electrons. The standard InChI is InChI=1S/C13H18O2/c1-5-7-13(8-6-2)10(14)9-12(3,4)11(13)15/h5-6H,1-2,7-9H2,3-4H3. The Morgan fingerprint density at radius 3 is 1.93 bits per heavy atom. The van der Waals surface area contributed by atoms with Crippen molar-refractivity contribution >= 4 is 11.6 Å². The summed E-state index contributed by atoms with van der Waals surface area (Å²) >= 11 is 0. The second-order valence-electron chi connectivity index (χ2n) is 4.88. The summed E-state index contributed by atoms with van der Waals surface area (Å²) in [4.78, 5) is 24.2. The van der Waals surface area contributed by atoms with Gasteiger partial charge in [0.2, 0.25) is 0 Å². The first-order valence-electron chi connectivity index (χ1n) is 5.21. The topological polar surface area (TPSA) is 34.1 Å². The number of hydrogen-bond donors (Lipinski definition) is 0. The molecule has 0 heterocycles. The molecule has 0 bridgehead atoms. The first-order valence-corrected chi connectivity index (χ1v) is 5.21. The van der Waals surface area contributed by atoms with Gasteiger partial charge in [0.25, 0.3) is 0 Å². The van der Waals surface area contributed by atoms with Crippen LogP contribution in [-0.4, -0.2) is 11.6 Å². The highest BCUT2D eigenvalue weighted by atomic mass is 16.2. The van der Waals surface area contributed by atoms with Gasteiger partial charge in [-0.15, -0.1) is 13.2 Å². The normalized spacial score (nSPS) is 22.8. The molecule has 0 saturated heterocycles. The van der Waals surface area contributed by atoms with E-state index in [2.05, 4.69) is 13.2 Å². The molecule has 0 aromatic heterocycles. The number of ketones is 2. The van der Waals surface area contributed by atoms with Crippen LogP contribution < -0.4 is 0 Å². The zero-order valence-corrected chi connectivity index (χ0v) is 9.51. The quantitative estimate of drug-likeness (QED) is 0.523. The Morgan fingerprint density at radius 2 is 1.67 bits per heavy atom. The van der Waals surface area contributed by atoms with E-state index in [1.807, 2.05) is 13.8 Å². The summed E-state index contributed by atoms with van der Waals surface area (Å²) in [5, 5.41) is 0. The molecule has 1 fully saturated rings. The molecule has 1 aliphatic carbocycles. The molecular formula is C13H18O2. The summed E-state index contributed by atoms with van der Waals surface area (Å²) in [6.07, 6.45) is 4.51. The lowest BCUT2D eigenvalue weighted by molar-refractivity contribution is -0.136. The van der Waals surface area contributed by atoms with Gasteiger partial charge in [0.05, 0.1) is 5.41 Å². The lowest BCUT2D eigenvalue weighted by atomic mass is 9.75. The van der Waals surface area contributed by atoms with Crippen molar-refractivity contribution in [1.82, 2.24) is 0 Å². The zero-order valence-electron chi connectivity index (χ0n) is 9.51. The molecule has 1 aliphatic rings. The molecule has 0 aromatic carbocycles. The van der Waals surface area contributed by atoms with E-state index in [1.54, 1.807) is 12.2 Å². The Kier molecular flexibility index (Phi) is 2.98. The van der Waals surface area contributed by atoms with Gasteiger partial charge in [-0.2, -0.15) is 0 Å². The van der Waals surface area contributed by atoms with Crippen LogP contribution in [0.5, 0.6) is 0 Å². The van der Waals surface area contributed by atoms with E-state index in [0.29, 0.717) is 19.3 Å². The highest BCUT2D eigenvalue weighted by molar-refractivity contribution is 6.16. The minimum atomic E-state index is -0.868. The van der Waals surface area contributed by atoms with Crippen molar-refractivity contribution in [1.29, 1.82) is 0 Å². The third-order valence-corrected chi connectivity index (χ3v) is 3.17. The molecular weight excluding hydrogens is 188 g/mol. The van der Waals surface area contributed by atoms with E-state index in [-0.39, 0.29) is 11.6 Å². The van der Waals surface area contributed by atoms with Crippen LogP contribution in [0, 0.1) is 10.8 Å². The summed E-state index contributed by atoms with van der Waals surface area (Å²) in [5.74, 6) is 0.0806. The van der Waals surface area contributed by atoms with E-state index in [9.17, 15) is 9.59 Å². The van der Waals surface area contributed by atoms with E-state index in [1.165, 1.54) is 0 Å². The van der Waals surface area contributed by atoms with E-state index < -0.39 is 10.8 Å². The summed E-state index contributed by atoms with van der Waals surface area (Å²) in [6, 6.07) is 0. The minimum Gasteiger partial charge on any atom is -0.299 e. The molecule has 0 spiro atoms. The number of allylic oxidation sites excluding steroid dienone is 2. The second kappa shape index (κ2) is 3.76. The number of Topliss-reactive ketones (excluding diaryl/α,β-unsaturated/α-hetero) is 2. The van der Waals surface area contributed by atoms with E-state index >= 15 is 0 Å². The SMILES string of the molecule is C=CCC1(CC=C)C(=O)CC(C)(C)C1=O. The molecule has 2 nitrogen and oxygen atoms in total. The van der Waals surface area contributed by atoms with Gasteiger partial charge in [-0.1, -0.05) is 26.0 Å². The predicted octanol–water partition coefficient (Wildman–Crippen LogP) is 2.69. The van der Waals surface area contributed by atoms with Gasteiger partial charge in [0.15, 0.2) is 5.78 Å². The fourth-order valence-electron chi connectivity index (χ4n) is 2.41. The van der Waals surface area contributed by atoms with Crippen molar-refractivity contribution in [3.8, 4) is 0 Å². The highest BCUT2D eigenvalue weighted by Gasteiger charge is 2.56. The van der Waals surface area contributed by atoms with Crippen LogP contribution in [0.2, 0.25) is 0 Å². The van der Waals surface area contributed by atoms with Crippen LogP contribution in [0.3, 0.4) is 0 Å². The van der Waals surface area contributed by atoms with Gasteiger partial charge in [-0.25, -0.2) is 0 Å². The van der Waals surface area contributed by atoms with Crippen LogP contribution in [0.4, 0.5) is 0 Å². The van der Waals surface area contributed by atoms with E-state index in [4.69, 9.17) is 0 Å². The third-order valence-electron chi connectivity index (χ3n) is 3.17. The van der Waals surface area contributed by atoms with Gasteiger partial charge in [-0.3, -0.25) is 9.59 Å². The lowest BCUT2D eigenvalue weighted by Crippen LogP contribution is -2.35. The van der Waals surface area contributed by atoms with Crippen LogP contribution in [0.1, 0.15) is 33.1 Å². The summed E-state index contributed by atoms with van der Waals surface area (Å²) in [5.41, 5.74) is -1.39. The smallest absolute Gasteiger partial charge is 0.153 e. The van der Waals surface area contributed by atoms with Crippen molar-refractivity contribution in [3.63, 3.8) is 0 Å². The first-order chi connectivity index (χ1) is 6.90. The summed E-state index contributed by atoms with van der Waals surface area (Å²) < 4.78 is 0. The van der Waals surface area contributed by atoms with Crippen molar-refractivity contribution in [2.75, 3.05) is 0 Å². The molecule has 0 N–H and O–H groups in total. The van der Waals surface area contributed by atoms with Crippen LogP contribution >= 0.6 is 0 Å². The number of carbonyl (C=O) groups excluding carboxylic acids is 2. The molecule has 0 aromatic rings. The molecule has 0 radical (unpaired) electrons. The van der Waals surface area contributed by atoms with Crippen molar-refractivity contribution in [3.05, 3.63) is 25.3 Å². The molecule has 1 saturated carbocycles. The maximum atomic E-state index is 12.2. The number of rotatable bonds is 4. The van der Waals surface area contributed by atoms with Gasteiger partial charge < -0.3 is 0 Å². The van der Waals surface area contributed by atoms with Crippen molar-refractivity contribution in [2.45, 2.75) is 33.1 Å². The van der Waals surface area contributed by atoms with Gasteiger partial charge >= 0.3 is 0 Å². The van der Waals surface area contributed by atoms with Crippen molar-refractivity contribution in [2.24, 2.45) is 10.8 Å². The van der Waals surface area contributed by atoms with Gasteiger partial charge in [0.1, 0.15) is 5.78 Å². The third kappa shape index (κ3) is 1.69. The largest absolute Gasteiger partial charge is 0.299 e. The fourth-order valence-corrected chi connectivity index (χ4v) is 2.41. The maximum absolute atomic E-state index is 12.2. The Bertz CT molecular complexity index is 313. The Hall–Kier alpha value is -1.18. The number of hydrogen-bond acceptors (Lipinski definition) is 2. The van der Waals surface area contributed by atoms with Gasteiger partial charge in [0, 0.05) is 11.8 Å². The van der Waals surface area contributed by atoms with Crippen molar-refractivity contribution < 1.29 is 9.59 Å². The highest BCUT2D eigenvalue weighted by Crippen LogP contribution is 2.47. The lowest BCUT2D eigenvalue weighted by Gasteiger charge is -2.25. The Morgan fingerprint density at radius 1 is 1.20 bits per heavy atom. The van der Waals surface area contributed by atoms with Crippen LogP contribution in [0.15, 0.2) is 25.3 Å². The molecule has 0 atom stereocenters. The average Bonchev–Trinajstić information content (AvgIpc) is 2.29. The fraction of sp³-hybridized carbons (Fsp3) is 0.538. The molecule has 0 aliphatic heterocycles. The molecule has 1 rings (SSSR count). The molecule has 15 heavy (non-hydrogen) atoms. The molecule has 0 unspecified atom stereocenters. The van der Waals surface area contributed by atoms with Crippen LogP contribution in [0.25, 0.3) is 0 Å². The zero-order chi connectivity index (χ0) is 11.7. The molecule has 2 heteroatoms. The number of carbonyl (C=O) groups is 2. The Balaban J connectivity index is 3.17. The Labute approximate surface area is 91.1 Å². The van der Waals surface area contributed by atoms with Crippen LogP contribution in [-0.2, 0) is 9.59 Å². The average molecular weight is 206 g/mol. The summed E-state index contributed by atoms with van der Waals surface area (Å²) in [7, 11) is 0. The van der Waals surface area contributed by atoms with Gasteiger partial charge in [-0.05, 0) is 12.8 Å². The summed E-state index contributed by atoms with van der Waals surface area (Å²) in [6.45, 7) is 10.9. The van der Waals surface area contributed by atoms with E-state index in [0.717, 1.165) is 0 Å². The monoisotopic (exact) mass is 206 g/mol. The predicted molar refractivity (Wildman–Crippen MR) is 60.5 cm³/mol.